The van der Waals surface area contributed by atoms with Crippen LogP contribution in [0.1, 0.15) is 12.5 Å². The van der Waals surface area contributed by atoms with Gasteiger partial charge in [-0.25, -0.2) is 4.98 Å². The SMILES string of the molecule is O=c1c2ccc3ccccc3c2ncn1[C@H]1CCOC[C@@H]1O. The van der Waals surface area contributed by atoms with E-state index in [2.05, 4.69) is 4.98 Å². The lowest BCUT2D eigenvalue weighted by molar-refractivity contribution is -0.0395. The van der Waals surface area contributed by atoms with E-state index < -0.39 is 6.10 Å². The minimum Gasteiger partial charge on any atom is -0.389 e. The minimum atomic E-state index is -0.675. The summed E-state index contributed by atoms with van der Waals surface area (Å²) in [4.78, 5) is 17.3. The number of hydrogen-bond donors (Lipinski definition) is 1. The summed E-state index contributed by atoms with van der Waals surface area (Å²) in [5.74, 6) is 0. The van der Waals surface area contributed by atoms with Gasteiger partial charge in [-0.05, 0) is 17.9 Å². The number of rotatable bonds is 1. The summed E-state index contributed by atoms with van der Waals surface area (Å²) in [5.41, 5.74) is 0.600. The predicted octanol–water partition coefficient (Wildman–Crippen LogP) is 1.87. The van der Waals surface area contributed by atoms with E-state index in [1.54, 1.807) is 10.9 Å². The van der Waals surface area contributed by atoms with E-state index in [0.717, 1.165) is 10.8 Å². The number of ether oxygens (including phenoxy) is 1. The van der Waals surface area contributed by atoms with Crippen molar-refractivity contribution in [2.45, 2.75) is 18.6 Å². The van der Waals surface area contributed by atoms with Gasteiger partial charge in [-0.15, -0.1) is 0 Å². The normalized spacial score (nSPS) is 22.2. The smallest absolute Gasteiger partial charge is 0.261 e. The highest BCUT2D eigenvalue weighted by Gasteiger charge is 2.26. The van der Waals surface area contributed by atoms with E-state index in [-0.39, 0.29) is 18.2 Å². The monoisotopic (exact) mass is 296 g/mol. The predicted molar refractivity (Wildman–Crippen MR) is 84.0 cm³/mol. The summed E-state index contributed by atoms with van der Waals surface area (Å²) in [6.45, 7) is 0.802. The van der Waals surface area contributed by atoms with Gasteiger partial charge in [0.2, 0.25) is 0 Å². The van der Waals surface area contributed by atoms with Gasteiger partial charge in [0.15, 0.2) is 0 Å². The van der Waals surface area contributed by atoms with Crippen LogP contribution in [0.5, 0.6) is 0 Å². The van der Waals surface area contributed by atoms with E-state index in [0.29, 0.717) is 23.9 Å². The van der Waals surface area contributed by atoms with Crippen molar-refractivity contribution in [1.29, 1.82) is 0 Å². The molecule has 2 aromatic carbocycles. The van der Waals surface area contributed by atoms with Crippen LogP contribution in [-0.2, 0) is 4.74 Å². The first-order valence-electron chi connectivity index (χ1n) is 7.40. The molecule has 4 rings (SSSR count). The van der Waals surface area contributed by atoms with Gasteiger partial charge in [-0.3, -0.25) is 9.36 Å². The average molecular weight is 296 g/mol. The molecule has 5 nitrogen and oxygen atoms in total. The molecule has 0 amide bonds. The van der Waals surface area contributed by atoms with Crippen molar-refractivity contribution in [3.05, 3.63) is 53.1 Å². The minimum absolute atomic E-state index is 0.110. The first kappa shape index (κ1) is 13.4. The van der Waals surface area contributed by atoms with Gasteiger partial charge in [0.05, 0.1) is 36.0 Å². The van der Waals surface area contributed by atoms with Gasteiger partial charge >= 0.3 is 0 Å². The molecule has 1 aliphatic heterocycles. The summed E-state index contributed by atoms with van der Waals surface area (Å²) < 4.78 is 6.78. The molecule has 1 aliphatic rings. The third-order valence-electron chi connectivity index (χ3n) is 4.32. The van der Waals surface area contributed by atoms with E-state index in [1.807, 2.05) is 36.4 Å². The van der Waals surface area contributed by atoms with Crippen LogP contribution in [0.2, 0.25) is 0 Å². The molecular formula is C17H16N2O3. The Morgan fingerprint density at radius 2 is 2.05 bits per heavy atom. The number of benzene rings is 2. The summed E-state index contributed by atoms with van der Waals surface area (Å²) in [7, 11) is 0. The highest BCUT2D eigenvalue weighted by Crippen LogP contribution is 2.24. The fourth-order valence-electron chi connectivity index (χ4n) is 3.15. The fourth-order valence-corrected chi connectivity index (χ4v) is 3.15. The largest absolute Gasteiger partial charge is 0.389 e. The second-order valence-electron chi connectivity index (χ2n) is 5.64. The van der Waals surface area contributed by atoms with Crippen LogP contribution in [-0.4, -0.2) is 34.0 Å². The Balaban J connectivity index is 1.94. The maximum absolute atomic E-state index is 12.8. The molecule has 1 N–H and O–H groups in total. The molecule has 1 aromatic heterocycles. The maximum Gasteiger partial charge on any atom is 0.261 e. The molecule has 0 bridgehead atoms. The molecule has 1 fully saturated rings. The second-order valence-corrected chi connectivity index (χ2v) is 5.64. The quantitative estimate of drug-likeness (QED) is 0.696. The summed E-state index contributed by atoms with van der Waals surface area (Å²) in [5, 5.41) is 12.7. The Labute approximate surface area is 126 Å². The van der Waals surface area contributed by atoms with Crippen LogP contribution in [0.25, 0.3) is 21.7 Å². The topological polar surface area (TPSA) is 64.4 Å². The first-order chi connectivity index (χ1) is 10.8. The zero-order valence-electron chi connectivity index (χ0n) is 12.0. The summed E-state index contributed by atoms with van der Waals surface area (Å²) in [6, 6.07) is 11.4. The van der Waals surface area contributed by atoms with Crippen LogP contribution < -0.4 is 5.56 Å². The van der Waals surface area contributed by atoms with Crippen LogP contribution in [0.4, 0.5) is 0 Å². The molecular weight excluding hydrogens is 280 g/mol. The first-order valence-corrected chi connectivity index (χ1v) is 7.40. The Morgan fingerprint density at radius 3 is 2.91 bits per heavy atom. The van der Waals surface area contributed by atoms with Crippen LogP contribution in [0, 0.1) is 0 Å². The highest BCUT2D eigenvalue weighted by atomic mass is 16.5. The Hall–Kier alpha value is -2.24. The lowest BCUT2D eigenvalue weighted by Gasteiger charge is -2.29. The lowest BCUT2D eigenvalue weighted by Crippen LogP contribution is -2.39. The number of hydrogen-bond acceptors (Lipinski definition) is 4. The Morgan fingerprint density at radius 1 is 1.18 bits per heavy atom. The zero-order chi connectivity index (χ0) is 15.1. The zero-order valence-corrected chi connectivity index (χ0v) is 12.0. The van der Waals surface area contributed by atoms with Crippen molar-refractivity contribution >= 4 is 21.7 Å². The van der Waals surface area contributed by atoms with Gasteiger partial charge < -0.3 is 9.84 Å². The van der Waals surface area contributed by atoms with E-state index in [9.17, 15) is 9.90 Å². The number of aliphatic hydroxyl groups excluding tert-OH is 1. The highest BCUT2D eigenvalue weighted by molar-refractivity contribution is 6.04. The van der Waals surface area contributed by atoms with Gasteiger partial charge in [0, 0.05) is 12.0 Å². The summed E-state index contributed by atoms with van der Waals surface area (Å²) in [6.07, 6.45) is 1.49. The van der Waals surface area contributed by atoms with E-state index >= 15 is 0 Å². The summed E-state index contributed by atoms with van der Waals surface area (Å²) >= 11 is 0. The van der Waals surface area contributed by atoms with Gasteiger partial charge in [0.1, 0.15) is 0 Å². The van der Waals surface area contributed by atoms with Crippen molar-refractivity contribution in [1.82, 2.24) is 9.55 Å². The van der Waals surface area contributed by atoms with Crippen molar-refractivity contribution in [3.63, 3.8) is 0 Å². The Bertz CT molecular complexity index is 903. The number of aliphatic hydroxyl groups is 1. The third-order valence-corrected chi connectivity index (χ3v) is 4.32. The molecule has 1 saturated heterocycles. The van der Waals surface area contributed by atoms with Gasteiger partial charge in [-0.1, -0.05) is 30.3 Å². The molecule has 3 aromatic rings. The molecule has 2 heterocycles. The molecule has 2 atom stereocenters. The number of nitrogens with zero attached hydrogens (tertiary/aromatic N) is 2. The lowest BCUT2D eigenvalue weighted by atomic mass is 10.0. The molecule has 0 spiro atoms. The van der Waals surface area contributed by atoms with E-state index in [4.69, 9.17) is 4.74 Å². The molecule has 0 unspecified atom stereocenters. The molecule has 0 radical (unpaired) electrons. The van der Waals surface area contributed by atoms with Gasteiger partial charge in [-0.2, -0.15) is 0 Å². The van der Waals surface area contributed by atoms with Crippen LogP contribution in [0.15, 0.2) is 47.5 Å². The molecule has 5 heteroatoms. The molecule has 112 valence electrons. The van der Waals surface area contributed by atoms with Crippen molar-refractivity contribution in [2.24, 2.45) is 0 Å². The number of aromatic nitrogens is 2. The third kappa shape index (κ3) is 2.01. The van der Waals surface area contributed by atoms with Crippen LogP contribution in [0.3, 0.4) is 0 Å². The molecule has 0 aliphatic carbocycles. The second kappa shape index (κ2) is 5.19. The number of fused-ring (bicyclic) bond motifs is 3. The van der Waals surface area contributed by atoms with Crippen molar-refractivity contribution in [2.75, 3.05) is 13.2 Å². The fraction of sp³-hybridized carbons (Fsp3) is 0.294. The van der Waals surface area contributed by atoms with Crippen LogP contribution >= 0.6 is 0 Å². The standard InChI is InChI=1S/C17H16N2O3/c20-15-9-22-8-7-14(15)19-10-18-16-12-4-2-1-3-11(12)5-6-13(16)17(19)21/h1-6,10,14-15,20H,7-9H2/t14-,15-/m0/s1. The van der Waals surface area contributed by atoms with E-state index in [1.165, 1.54) is 0 Å². The van der Waals surface area contributed by atoms with Gasteiger partial charge in [0.25, 0.3) is 5.56 Å². The molecule has 0 saturated carbocycles. The average Bonchev–Trinajstić information content (AvgIpc) is 2.56. The molecule has 22 heavy (non-hydrogen) atoms. The van der Waals surface area contributed by atoms with Crippen molar-refractivity contribution in [3.8, 4) is 0 Å². The maximum atomic E-state index is 12.8. The van der Waals surface area contributed by atoms with Crippen molar-refractivity contribution < 1.29 is 9.84 Å². The Kier molecular flexibility index (Phi) is 3.17.